The van der Waals surface area contributed by atoms with Gasteiger partial charge in [0.25, 0.3) is 17.5 Å². The highest BCUT2D eigenvalue weighted by Crippen LogP contribution is 2.46. The van der Waals surface area contributed by atoms with E-state index in [2.05, 4.69) is 5.32 Å². The zero-order chi connectivity index (χ0) is 25.4. The van der Waals surface area contributed by atoms with Crippen LogP contribution in [0.4, 0.5) is 13.2 Å². The molecule has 3 rings (SSSR count). The van der Waals surface area contributed by atoms with Gasteiger partial charge < -0.3 is 19.9 Å². The van der Waals surface area contributed by atoms with Crippen molar-refractivity contribution in [2.24, 2.45) is 0 Å². The highest BCUT2D eigenvalue weighted by atomic mass is 32.2. The largest absolute Gasteiger partial charge is 0.477 e. The number of β-lactam (4-membered cyclic amide) rings is 1. The summed E-state index contributed by atoms with van der Waals surface area (Å²) in [6, 6.07) is 0.547. The summed E-state index contributed by atoms with van der Waals surface area (Å²) in [5.41, 5.74) is -3.63. The summed E-state index contributed by atoms with van der Waals surface area (Å²) in [6.45, 7) is 0.732. The number of halogens is 3. The van der Waals surface area contributed by atoms with Crippen LogP contribution in [0.25, 0.3) is 0 Å². The van der Waals surface area contributed by atoms with Crippen molar-refractivity contribution in [1.29, 1.82) is 0 Å². The maximum atomic E-state index is 14.1. The van der Waals surface area contributed by atoms with Crippen LogP contribution in [0.1, 0.15) is 12.5 Å². The molecular weight excluding hydrogens is 505 g/mol. The fraction of sp³-hybridized carbons (Fsp3) is 0.316. The second-order valence-corrected chi connectivity index (χ2v) is 8.57. The van der Waals surface area contributed by atoms with Crippen molar-refractivity contribution in [3.8, 4) is 0 Å². The minimum atomic E-state index is -2.18. The van der Waals surface area contributed by atoms with Gasteiger partial charge in [0.15, 0.2) is 0 Å². The van der Waals surface area contributed by atoms with E-state index < -0.39 is 79.7 Å². The zero-order valence-corrected chi connectivity index (χ0v) is 19.0. The van der Waals surface area contributed by atoms with Crippen LogP contribution >= 0.6 is 11.8 Å². The monoisotopic (exact) mass is 520 g/mol. The second-order valence-electron chi connectivity index (χ2n) is 6.93. The first-order valence-electron chi connectivity index (χ1n) is 9.21. The lowest BCUT2D eigenvalue weighted by Crippen LogP contribution is -2.81. The number of hydrogen-bond acceptors (Lipinski definition) is 8. The van der Waals surface area contributed by atoms with Gasteiger partial charge in [-0.2, -0.15) is 0 Å². The number of aliphatic carboxylic acids is 1. The first-order valence-corrected chi connectivity index (χ1v) is 11.0. The predicted molar refractivity (Wildman–Crippen MR) is 111 cm³/mol. The van der Waals surface area contributed by atoms with Gasteiger partial charge in [0, 0.05) is 37.5 Å². The summed E-state index contributed by atoms with van der Waals surface area (Å²) in [5.74, 6) is -8.96. The maximum Gasteiger partial charge on any atom is 0.352 e. The van der Waals surface area contributed by atoms with Gasteiger partial charge in [0.05, 0.1) is 5.56 Å². The Bertz CT molecular complexity index is 1180. The number of carboxylic acids is 1. The third-order valence-electron chi connectivity index (χ3n) is 4.91. The Labute approximate surface area is 197 Å². The van der Waals surface area contributed by atoms with Gasteiger partial charge in [-0.1, -0.05) is 0 Å². The SMILES string of the molecule is CO[C@@]1(NC(=O)C(=S=O)c2c(F)cc(F)cc2F)C(=O)N2C(C(=O)O)=C(COC(C)=O)CS[C@@H]21. The molecular formula is C19H15F3N2O8S2. The number of methoxy groups -OCH3 is 1. The molecule has 0 aromatic heterocycles. The number of nitrogens with zero attached hydrogens (tertiary/aromatic N) is 1. The number of ether oxygens (including phenoxy) is 2. The third-order valence-corrected chi connectivity index (χ3v) is 6.84. The van der Waals surface area contributed by atoms with Crippen molar-refractivity contribution in [2.75, 3.05) is 19.5 Å². The molecule has 2 aliphatic rings. The highest BCUT2D eigenvalue weighted by molar-refractivity contribution is 8.00. The third kappa shape index (κ3) is 4.21. The summed E-state index contributed by atoms with van der Waals surface area (Å²) >= 11 is 0.365. The van der Waals surface area contributed by atoms with Crippen molar-refractivity contribution < 1.29 is 51.1 Å². The van der Waals surface area contributed by atoms with Crippen LogP contribution < -0.4 is 5.32 Å². The van der Waals surface area contributed by atoms with Gasteiger partial charge in [-0.25, -0.2) is 22.2 Å². The molecule has 2 atom stereocenters. The number of amides is 2. The molecule has 182 valence electrons. The van der Waals surface area contributed by atoms with Gasteiger partial charge in [-0.15, -0.1) is 11.8 Å². The molecule has 2 aliphatic heterocycles. The van der Waals surface area contributed by atoms with Crippen LogP contribution in [0.15, 0.2) is 23.4 Å². The van der Waals surface area contributed by atoms with E-state index in [1.54, 1.807) is 0 Å². The molecule has 2 N–H and O–H groups in total. The van der Waals surface area contributed by atoms with Crippen molar-refractivity contribution in [3.63, 3.8) is 0 Å². The molecule has 0 saturated carbocycles. The average molecular weight is 520 g/mol. The van der Waals surface area contributed by atoms with Crippen LogP contribution in [-0.4, -0.2) is 73.4 Å². The summed E-state index contributed by atoms with van der Waals surface area (Å²) < 4.78 is 63.0. The molecule has 34 heavy (non-hydrogen) atoms. The number of hydrogen-bond donors (Lipinski definition) is 2. The second kappa shape index (κ2) is 9.60. The number of carbonyl (C=O) groups excluding carboxylic acids is 3. The number of thioether (sulfide) groups is 1. The van der Waals surface area contributed by atoms with E-state index in [9.17, 15) is 41.7 Å². The topological polar surface area (TPSA) is 139 Å². The fourth-order valence-electron chi connectivity index (χ4n) is 3.42. The van der Waals surface area contributed by atoms with Crippen LogP contribution in [0, 0.1) is 17.5 Å². The van der Waals surface area contributed by atoms with Crippen molar-refractivity contribution in [1.82, 2.24) is 10.2 Å². The number of carbonyl (C=O) groups is 4. The minimum Gasteiger partial charge on any atom is -0.477 e. The van der Waals surface area contributed by atoms with Crippen molar-refractivity contribution >= 4 is 51.6 Å². The van der Waals surface area contributed by atoms with Crippen LogP contribution in [-0.2, 0) is 39.9 Å². The molecule has 0 unspecified atom stereocenters. The summed E-state index contributed by atoms with van der Waals surface area (Å²) in [7, 11) is 1.03. The molecule has 1 saturated heterocycles. The standard InChI is InChI=1S/C19H15F3N2O8S2/c1-7(25)32-5-8-6-33-18-19(31-2,17(29)24(18)13(8)16(27)28)23-15(26)14(34-30)12-10(21)3-9(20)4-11(12)22/h3-4,18H,5-6H2,1-2H3,(H,23,26)(H,27,28)/t18-,19+/m1/s1. The lowest BCUT2D eigenvalue weighted by atomic mass is 9.97. The maximum absolute atomic E-state index is 14.1. The molecule has 1 aromatic rings. The number of rotatable bonds is 7. The van der Waals surface area contributed by atoms with Crippen molar-refractivity contribution in [3.05, 3.63) is 46.4 Å². The van der Waals surface area contributed by atoms with E-state index in [1.165, 1.54) is 0 Å². The first kappa shape index (κ1) is 25.5. The highest BCUT2D eigenvalue weighted by Gasteiger charge is 2.67. The summed E-state index contributed by atoms with van der Waals surface area (Å²) in [5, 5.41) is 10.6. The van der Waals surface area contributed by atoms with Crippen LogP contribution in [0.5, 0.6) is 0 Å². The Balaban J connectivity index is 1.93. The summed E-state index contributed by atoms with van der Waals surface area (Å²) in [6.07, 6.45) is 0. The van der Waals surface area contributed by atoms with Crippen molar-refractivity contribution in [2.45, 2.75) is 18.0 Å². The molecule has 0 radical (unpaired) electrons. The Hall–Kier alpha value is -3.17. The quantitative estimate of drug-likeness (QED) is 0.169. The van der Waals surface area contributed by atoms with E-state index in [-0.39, 0.29) is 30.1 Å². The molecule has 2 heterocycles. The minimum absolute atomic E-state index is 0.0293. The molecule has 10 nitrogen and oxygen atoms in total. The molecule has 2 amide bonds. The lowest BCUT2D eigenvalue weighted by Gasteiger charge is -2.55. The smallest absolute Gasteiger partial charge is 0.352 e. The zero-order valence-electron chi connectivity index (χ0n) is 17.3. The average Bonchev–Trinajstić information content (AvgIpc) is 2.76. The number of benzene rings is 1. The summed E-state index contributed by atoms with van der Waals surface area (Å²) in [4.78, 5) is 48.4. The Kier molecular flexibility index (Phi) is 7.18. The fourth-order valence-corrected chi connectivity index (χ4v) is 5.25. The molecule has 0 aliphatic carbocycles. The normalized spacial score (nSPS) is 21.4. The van der Waals surface area contributed by atoms with Gasteiger partial charge in [-0.3, -0.25) is 19.3 Å². The molecule has 0 spiro atoms. The Morgan fingerprint density at radius 1 is 1.29 bits per heavy atom. The van der Waals surface area contributed by atoms with Crippen LogP contribution in [0.2, 0.25) is 0 Å². The van der Waals surface area contributed by atoms with E-state index in [0.29, 0.717) is 0 Å². The van der Waals surface area contributed by atoms with Gasteiger partial charge in [0.1, 0.15) is 51.2 Å². The van der Waals surface area contributed by atoms with Gasteiger partial charge in [0.2, 0.25) is 0 Å². The lowest BCUT2D eigenvalue weighted by molar-refractivity contribution is -0.191. The number of nitrogens with one attached hydrogen (secondary N) is 1. The molecule has 0 bridgehead atoms. The van der Waals surface area contributed by atoms with E-state index >= 15 is 0 Å². The van der Waals surface area contributed by atoms with E-state index in [4.69, 9.17) is 9.47 Å². The number of fused-ring (bicyclic) bond motifs is 1. The molecule has 15 heteroatoms. The number of carboxylic acid groups (broad SMARTS) is 1. The van der Waals surface area contributed by atoms with E-state index in [0.717, 1.165) is 30.7 Å². The number of esters is 1. The van der Waals surface area contributed by atoms with Crippen LogP contribution in [0.3, 0.4) is 0 Å². The molecule has 1 aromatic carbocycles. The van der Waals surface area contributed by atoms with Gasteiger partial charge >= 0.3 is 11.9 Å². The molecule has 1 fully saturated rings. The Morgan fingerprint density at radius 2 is 1.91 bits per heavy atom. The predicted octanol–water partition coefficient (Wildman–Crippen LogP) is 0.113. The van der Waals surface area contributed by atoms with Gasteiger partial charge in [-0.05, 0) is 0 Å². The van der Waals surface area contributed by atoms with E-state index in [1.807, 2.05) is 0 Å². The first-order chi connectivity index (χ1) is 16.0. The Morgan fingerprint density at radius 3 is 2.41 bits per heavy atom.